The molecule has 0 aromatic rings. The fourth-order valence-electron chi connectivity index (χ4n) is 3.31. The topological polar surface area (TPSA) is 20.3 Å². The Balaban J connectivity index is 1.90. The first-order valence-corrected chi connectivity index (χ1v) is 7.86. The number of ketones is 1. The lowest BCUT2D eigenvalue weighted by Crippen LogP contribution is -2.39. The molecule has 0 radical (unpaired) electrons. The third kappa shape index (κ3) is 3.81. The molecule has 2 fully saturated rings. The summed E-state index contributed by atoms with van der Waals surface area (Å²) in [6.45, 7) is 9.05. The normalized spacial score (nSPS) is 29.3. The standard InChI is InChI=1S/C16H29NO/c1-4-13-5-8-16(18)14(9-13)11-17(10-12(2)3)15-6-7-15/h12-15H,4-11H2,1-3H3. The molecule has 0 N–H and O–H groups in total. The van der Waals surface area contributed by atoms with Gasteiger partial charge in [-0.15, -0.1) is 0 Å². The molecule has 104 valence electrons. The number of hydrogen-bond acceptors (Lipinski definition) is 2. The molecule has 2 saturated carbocycles. The van der Waals surface area contributed by atoms with Crippen LogP contribution >= 0.6 is 0 Å². The summed E-state index contributed by atoms with van der Waals surface area (Å²) < 4.78 is 0. The van der Waals surface area contributed by atoms with E-state index in [1.165, 1.54) is 25.8 Å². The first kappa shape index (κ1) is 14.0. The zero-order valence-electron chi connectivity index (χ0n) is 12.3. The van der Waals surface area contributed by atoms with Crippen LogP contribution in [0.1, 0.15) is 59.3 Å². The number of carbonyl (C=O) groups is 1. The van der Waals surface area contributed by atoms with Gasteiger partial charge in [-0.05, 0) is 37.5 Å². The van der Waals surface area contributed by atoms with Gasteiger partial charge in [0.15, 0.2) is 0 Å². The average Bonchev–Trinajstić information content (AvgIpc) is 3.14. The van der Waals surface area contributed by atoms with E-state index in [1.807, 2.05) is 0 Å². The Bertz CT molecular complexity index is 283. The van der Waals surface area contributed by atoms with Crippen LogP contribution in [0.15, 0.2) is 0 Å². The van der Waals surface area contributed by atoms with E-state index in [1.54, 1.807) is 0 Å². The molecule has 18 heavy (non-hydrogen) atoms. The third-order valence-corrected chi connectivity index (χ3v) is 4.57. The second-order valence-corrected chi connectivity index (χ2v) is 6.79. The SMILES string of the molecule is CCC1CCC(=O)C(CN(CC(C)C)C2CC2)C1. The summed E-state index contributed by atoms with van der Waals surface area (Å²) in [6, 6.07) is 0.794. The van der Waals surface area contributed by atoms with E-state index >= 15 is 0 Å². The van der Waals surface area contributed by atoms with Crippen molar-refractivity contribution in [1.82, 2.24) is 4.90 Å². The molecule has 0 bridgehead atoms. The Morgan fingerprint density at radius 2 is 2.00 bits per heavy atom. The summed E-state index contributed by atoms with van der Waals surface area (Å²) in [5, 5.41) is 0. The Morgan fingerprint density at radius 1 is 1.28 bits per heavy atom. The highest BCUT2D eigenvalue weighted by Gasteiger charge is 2.34. The first-order chi connectivity index (χ1) is 8.60. The predicted molar refractivity (Wildman–Crippen MR) is 75.6 cm³/mol. The molecule has 0 spiro atoms. The van der Waals surface area contributed by atoms with E-state index in [0.717, 1.165) is 37.8 Å². The zero-order chi connectivity index (χ0) is 13.1. The summed E-state index contributed by atoms with van der Waals surface area (Å²) in [5.41, 5.74) is 0. The van der Waals surface area contributed by atoms with Crippen LogP contribution in [0.5, 0.6) is 0 Å². The maximum Gasteiger partial charge on any atom is 0.137 e. The van der Waals surface area contributed by atoms with Crippen molar-refractivity contribution in [2.45, 2.75) is 65.3 Å². The minimum Gasteiger partial charge on any atom is -0.299 e. The smallest absolute Gasteiger partial charge is 0.137 e. The molecule has 2 heteroatoms. The van der Waals surface area contributed by atoms with Crippen molar-refractivity contribution in [3.05, 3.63) is 0 Å². The van der Waals surface area contributed by atoms with Crippen molar-refractivity contribution >= 4 is 5.78 Å². The molecule has 2 nitrogen and oxygen atoms in total. The molecule has 2 unspecified atom stereocenters. The van der Waals surface area contributed by atoms with Gasteiger partial charge in [0.05, 0.1) is 0 Å². The lowest BCUT2D eigenvalue weighted by atomic mass is 9.79. The van der Waals surface area contributed by atoms with Gasteiger partial charge in [0.2, 0.25) is 0 Å². The van der Waals surface area contributed by atoms with Crippen LogP contribution in [-0.2, 0) is 4.79 Å². The molecule has 2 rings (SSSR count). The number of Topliss-reactive ketones (excluding diaryl/α,β-unsaturated/α-hetero) is 1. The number of carbonyl (C=O) groups excluding carboxylic acids is 1. The highest BCUT2D eigenvalue weighted by molar-refractivity contribution is 5.82. The van der Waals surface area contributed by atoms with Gasteiger partial charge in [-0.1, -0.05) is 27.2 Å². The van der Waals surface area contributed by atoms with Crippen molar-refractivity contribution < 1.29 is 4.79 Å². The Labute approximate surface area is 112 Å². The van der Waals surface area contributed by atoms with E-state index in [2.05, 4.69) is 25.7 Å². The zero-order valence-corrected chi connectivity index (χ0v) is 12.3. The van der Waals surface area contributed by atoms with Gasteiger partial charge in [0, 0.05) is 31.5 Å². The van der Waals surface area contributed by atoms with Crippen molar-refractivity contribution in [3.8, 4) is 0 Å². The molecule has 2 aliphatic carbocycles. The Morgan fingerprint density at radius 3 is 2.56 bits per heavy atom. The lowest BCUT2D eigenvalue weighted by molar-refractivity contribution is -0.126. The monoisotopic (exact) mass is 251 g/mol. The number of rotatable bonds is 6. The van der Waals surface area contributed by atoms with Crippen molar-refractivity contribution in [1.29, 1.82) is 0 Å². The largest absolute Gasteiger partial charge is 0.299 e. The van der Waals surface area contributed by atoms with Gasteiger partial charge in [-0.25, -0.2) is 0 Å². The van der Waals surface area contributed by atoms with Crippen LogP contribution in [0.4, 0.5) is 0 Å². The molecular weight excluding hydrogens is 222 g/mol. The molecule has 2 aliphatic rings. The van der Waals surface area contributed by atoms with Gasteiger partial charge in [-0.2, -0.15) is 0 Å². The van der Waals surface area contributed by atoms with Crippen LogP contribution < -0.4 is 0 Å². The van der Waals surface area contributed by atoms with Crippen LogP contribution in [0, 0.1) is 17.8 Å². The fraction of sp³-hybridized carbons (Fsp3) is 0.938. The molecule has 0 aliphatic heterocycles. The van der Waals surface area contributed by atoms with Crippen LogP contribution in [0.2, 0.25) is 0 Å². The summed E-state index contributed by atoms with van der Waals surface area (Å²) >= 11 is 0. The molecule has 0 aromatic carbocycles. The quantitative estimate of drug-likeness (QED) is 0.720. The Kier molecular flexibility index (Phi) is 4.83. The molecule has 0 saturated heterocycles. The minimum absolute atomic E-state index is 0.336. The molecule has 2 atom stereocenters. The van der Waals surface area contributed by atoms with Crippen LogP contribution in [-0.4, -0.2) is 29.8 Å². The maximum atomic E-state index is 12.1. The van der Waals surface area contributed by atoms with Gasteiger partial charge < -0.3 is 0 Å². The van der Waals surface area contributed by atoms with Crippen LogP contribution in [0.3, 0.4) is 0 Å². The van der Waals surface area contributed by atoms with Gasteiger partial charge in [0.1, 0.15) is 5.78 Å². The molecular formula is C16H29NO. The van der Waals surface area contributed by atoms with E-state index in [4.69, 9.17) is 0 Å². The van der Waals surface area contributed by atoms with Gasteiger partial charge in [0.25, 0.3) is 0 Å². The summed E-state index contributed by atoms with van der Waals surface area (Å²) in [4.78, 5) is 14.7. The van der Waals surface area contributed by atoms with Crippen molar-refractivity contribution in [2.75, 3.05) is 13.1 Å². The van der Waals surface area contributed by atoms with Gasteiger partial charge >= 0.3 is 0 Å². The molecule has 0 aromatic heterocycles. The second-order valence-electron chi connectivity index (χ2n) is 6.79. The maximum absolute atomic E-state index is 12.1. The molecule has 0 amide bonds. The van der Waals surface area contributed by atoms with Gasteiger partial charge in [-0.3, -0.25) is 9.69 Å². The summed E-state index contributed by atoms with van der Waals surface area (Å²) in [7, 11) is 0. The Hall–Kier alpha value is -0.370. The van der Waals surface area contributed by atoms with Crippen molar-refractivity contribution in [3.63, 3.8) is 0 Å². The summed E-state index contributed by atoms with van der Waals surface area (Å²) in [5.74, 6) is 2.39. The minimum atomic E-state index is 0.336. The average molecular weight is 251 g/mol. The second kappa shape index (κ2) is 6.18. The van der Waals surface area contributed by atoms with E-state index < -0.39 is 0 Å². The highest BCUT2D eigenvalue weighted by Crippen LogP contribution is 2.33. The predicted octanol–water partition coefficient (Wildman–Crippen LogP) is 3.50. The third-order valence-electron chi connectivity index (χ3n) is 4.57. The van der Waals surface area contributed by atoms with E-state index in [-0.39, 0.29) is 0 Å². The van der Waals surface area contributed by atoms with E-state index in [0.29, 0.717) is 17.6 Å². The summed E-state index contributed by atoms with van der Waals surface area (Å²) in [6.07, 6.45) is 7.08. The number of nitrogens with zero attached hydrogens (tertiary/aromatic N) is 1. The van der Waals surface area contributed by atoms with Crippen molar-refractivity contribution in [2.24, 2.45) is 17.8 Å². The first-order valence-electron chi connectivity index (χ1n) is 7.86. The lowest BCUT2D eigenvalue weighted by Gasteiger charge is -2.33. The highest BCUT2D eigenvalue weighted by atomic mass is 16.1. The number of hydrogen-bond donors (Lipinski definition) is 0. The fourth-order valence-corrected chi connectivity index (χ4v) is 3.31. The van der Waals surface area contributed by atoms with Crippen LogP contribution in [0.25, 0.3) is 0 Å². The van der Waals surface area contributed by atoms with E-state index in [9.17, 15) is 4.79 Å². The molecule has 0 heterocycles.